The Balaban J connectivity index is 2.26. The summed E-state index contributed by atoms with van der Waals surface area (Å²) in [5.41, 5.74) is 8.02. The molecule has 0 aliphatic carbocycles. The van der Waals surface area contributed by atoms with Gasteiger partial charge in [0.05, 0.1) is 5.69 Å². The Kier molecular flexibility index (Phi) is 4.01. The van der Waals surface area contributed by atoms with E-state index in [0.717, 1.165) is 16.5 Å². The average molecular weight is 307 g/mol. The zero-order valence-electron chi connectivity index (χ0n) is 11.9. The van der Waals surface area contributed by atoms with Gasteiger partial charge in [0.1, 0.15) is 10.7 Å². The van der Waals surface area contributed by atoms with Gasteiger partial charge in [-0.2, -0.15) is 0 Å². The first-order valence-electron chi connectivity index (χ1n) is 6.14. The SMILES string of the molecule is Cc1cc(C(N)=S)nc(Nc2nc(C(C)(C)C)cs2)n1. The Morgan fingerprint density at radius 2 is 2.00 bits per heavy atom. The molecule has 0 aliphatic heterocycles. The summed E-state index contributed by atoms with van der Waals surface area (Å²) in [4.78, 5) is 13.4. The van der Waals surface area contributed by atoms with Crippen LogP contribution in [0.1, 0.15) is 37.9 Å². The molecule has 7 heteroatoms. The van der Waals surface area contributed by atoms with Crippen molar-refractivity contribution in [2.75, 3.05) is 5.32 Å². The fraction of sp³-hybridized carbons (Fsp3) is 0.385. The van der Waals surface area contributed by atoms with Crippen molar-refractivity contribution >= 4 is 39.6 Å². The molecule has 0 atom stereocenters. The average Bonchev–Trinajstić information content (AvgIpc) is 2.76. The summed E-state index contributed by atoms with van der Waals surface area (Å²) in [6, 6.07) is 1.76. The van der Waals surface area contributed by atoms with Crippen LogP contribution in [-0.2, 0) is 5.41 Å². The molecule has 0 unspecified atom stereocenters. The smallest absolute Gasteiger partial charge is 0.229 e. The van der Waals surface area contributed by atoms with Gasteiger partial charge in [0, 0.05) is 16.5 Å². The fourth-order valence-electron chi connectivity index (χ4n) is 1.52. The number of thiazole rings is 1. The highest BCUT2D eigenvalue weighted by molar-refractivity contribution is 7.80. The van der Waals surface area contributed by atoms with E-state index in [9.17, 15) is 0 Å². The molecule has 2 aromatic rings. The largest absolute Gasteiger partial charge is 0.388 e. The number of nitrogens with one attached hydrogen (secondary N) is 1. The van der Waals surface area contributed by atoms with Crippen LogP contribution in [0.2, 0.25) is 0 Å². The third kappa shape index (κ3) is 3.49. The second-order valence-electron chi connectivity index (χ2n) is 5.50. The lowest BCUT2D eigenvalue weighted by molar-refractivity contribution is 0.573. The summed E-state index contributed by atoms with van der Waals surface area (Å²) in [7, 11) is 0. The van der Waals surface area contributed by atoms with E-state index in [1.807, 2.05) is 12.3 Å². The zero-order valence-corrected chi connectivity index (χ0v) is 13.5. The molecule has 0 amide bonds. The first-order valence-corrected chi connectivity index (χ1v) is 7.43. The van der Waals surface area contributed by atoms with E-state index >= 15 is 0 Å². The quantitative estimate of drug-likeness (QED) is 0.849. The van der Waals surface area contributed by atoms with Gasteiger partial charge in [-0.15, -0.1) is 11.3 Å². The molecule has 0 fully saturated rings. The number of rotatable bonds is 3. The molecule has 0 bridgehead atoms. The third-order valence-corrected chi connectivity index (χ3v) is 3.56. The molecular formula is C13H17N5S2. The van der Waals surface area contributed by atoms with Crippen molar-refractivity contribution in [2.45, 2.75) is 33.1 Å². The molecule has 2 rings (SSSR count). The summed E-state index contributed by atoms with van der Waals surface area (Å²) in [5, 5.41) is 5.90. The third-order valence-electron chi connectivity index (χ3n) is 2.60. The molecule has 5 nitrogen and oxygen atoms in total. The number of nitrogens with zero attached hydrogens (tertiary/aromatic N) is 3. The number of hydrogen-bond acceptors (Lipinski definition) is 6. The van der Waals surface area contributed by atoms with Gasteiger partial charge in [0.15, 0.2) is 5.13 Å². The maximum Gasteiger partial charge on any atom is 0.229 e. The Bertz CT molecular complexity index is 642. The van der Waals surface area contributed by atoms with Crippen LogP contribution in [-0.4, -0.2) is 19.9 Å². The molecule has 2 aromatic heterocycles. The lowest BCUT2D eigenvalue weighted by Gasteiger charge is -2.14. The zero-order chi connectivity index (χ0) is 14.9. The summed E-state index contributed by atoms with van der Waals surface area (Å²) >= 11 is 6.47. The van der Waals surface area contributed by atoms with Gasteiger partial charge in [-0.3, -0.25) is 0 Å². The number of aryl methyl sites for hydroxylation is 1. The number of aromatic nitrogens is 3. The van der Waals surface area contributed by atoms with Gasteiger partial charge in [0.2, 0.25) is 5.95 Å². The van der Waals surface area contributed by atoms with Crippen LogP contribution in [0.15, 0.2) is 11.4 Å². The minimum Gasteiger partial charge on any atom is -0.388 e. The van der Waals surface area contributed by atoms with Crippen LogP contribution < -0.4 is 11.1 Å². The van der Waals surface area contributed by atoms with E-state index in [0.29, 0.717) is 11.6 Å². The van der Waals surface area contributed by atoms with Crippen molar-refractivity contribution in [2.24, 2.45) is 5.73 Å². The summed E-state index contributed by atoms with van der Waals surface area (Å²) in [6.07, 6.45) is 0. The first-order chi connectivity index (χ1) is 9.25. The number of nitrogens with two attached hydrogens (primary N) is 1. The fourth-order valence-corrected chi connectivity index (χ4v) is 2.56. The Morgan fingerprint density at radius 3 is 2.55 bits per heavy atom. The highest BCUT2D eigenvalue weighted by Crippen LogP contribution is 2.27. The van der Waals surface area contributed by atoms with E-state index in [1.165, 1.54) is 11.3 Å². The maximum absolute atomic E-state index is 5.61. The van der Waals surface area contributed by atoms with E-state index in [2.05, 4.69) is 41.0 Å². The van der Waals surface area contributed by atoms with Crippen molar-refractivity contribution in [1.82, 2.24) is 15.0 Å². The number of anilines is 2. The molecule has 0 radical (unpaired) electrons. The summed E-state index contributed by atoms with van der Waals surface area (Å²) in [5.74, 6) is 0.461. The normalized spacial score (nSPS) is 11.4. The molecule has 106 valence electrons. The lowest BCUT2D eigenvalue weighted by Crippen LogP contribution is -2.14. The van der Waals surface area contributed by atoms with Gasteiger partial charge >= 0.3 is 0 Å². The number of thiocarbonyl (C=S) groups is 1. The Labute approximate surface area is 127 Å². The van der Waals surface area contributed by atoms with E-state index < -0.39 is 0 Å². The van der Waals surface area contributed by atoms with Crippen LogP contribution in [0.5, 0.6) is 0 Å². The summed E-state index contributed by atoms with van der Waals surface area (Å²) in [6.45, 7) is 8.25. The van der Waals surface area contributed by atoms with Crippen molar-refractivity contribution in [3.05, 3.63) is 28.5 Å². The standard InChI is InChI=1S/C13H17N5S2/c1-7-5-8(10(14)19)16-11(15-7)18-12-17-9(6-20-12)13(2,3)4/h5-6H,1-4H3,(H2,14,19)(H,15,16,17,18). The monoisotopic (exact) mass is 307 g/mol. The molecule has 0 spiro atoms. The van der Waals surface area contributed by atoms with Crippen LogP contribution in [0, 0.1) is 6.92 Å². The number of hydrogen-bond donors (Lipinski definition) is 2. The van der Waals surface area contributed by atoms with Crippen molar-refractivity contribution in [3.8, 4) is 0 Å². The van der Waals surface area contributed by atoms with Crippen molar-refractivity contribution < 1.29 is 0 Å². The van der Waals surface area contributed by atoms with E-state index in [1.54, 1.807) is 6.07 Å². The molecule has 0 aliphatic rings. The van der Waals surface area contributed by atoms with Gasteiger partial charge in [-0.05, 0) is 13.0 Å². The highest BCUT2D eigenvalue weighted by atomic mass is 32.1. The van der Waals surface area contributed by atoms with Crippen LogP contribution >= 0.6 is 23.6 Å². The molecule has 2 heterocycles. The van der Waals surface area contributed by atoms with Crippen LogP contribution in [0.3, 0.4) is 0 Å². The molecule has 0 saturated carbocycles. The minimum atomic E-state index is 0.0217. The van der Waals surface area contributed by atoms with Crippen LogP contribution in [0.25, 0.3) is 0 Å². The Hall–Kier alpha value is -1.60. The molecule has 0 saturated heterocycles. The molecule has 3 N–H and O–H groups in total. The predicted octanol–water partition coefficient (Wildman–Crippen LogP) is 2.92. The van der Waals surface area contributed by atoms with Crippen LogP contribution in [0.4, 0.5) is 11.1 Å². The minimum absolute atomic E-state index is 0.0217. The molecular weight excluding hydrogens is 290 g/mol. The van der Waals surface area contributed by atoms with Gasteiger partial charge in [-0.1, -0.05) is 33.0 Å². The highest BCUT2D eigenvalue weighted by Gasteiger charge is 2.17. The lowest BCUT2D eigenvalue weighted by atomic mass is 9.93. The summed E-state index contributed by atoms with van der Waals surface area (Å²) < 4.78 is 0. The van der Waals surface area contributed by atoms with Gasteiger partial charge < -0.3 is 11.1 Å². The topological polar surface area (TPSA) is 76.7 Å². The van der Waals surface area contributed by atoms with Crippen molar-refractivity contribution in [3.63, 3.8) is 0 Å². The molecule has 0 aromatic carbocycles. The second kappa shape index (κ2) is 5.41. The maximum atomic E-state index is 5.61. The van der Waals surface area contributed by atoms with E-state index in [4.69, 9.17) is 18.0 Å². The Morgan fingerprint density at radius 1 is 1.30 bits per heavy atom. The predicted molar refractivity (Wildman–Crippen MR) is 86.8 cm³/mol. The van der Waals surface area contributed by atoms with Gasteiger partial charge in [0.25, 0.3) is 0 Å². The van der Waals surface area contributed by atoms with Gasteiger partial charge in [-0.25, -0.2) is 15.0 Å². The van der Waals surface area contributed by atoms with Crippen molar-refractivity contribution in [1.29, 1.82) is 0 Å². The van der Waals surface area contributed by atoms with E-state index in [-0.39, 0.29) is 10.4 Å². The first kappa shape index (κ1) is 14.8. The molecule has 20 heavy (non-hydrogen) atoms. The second-order valence-corrected chi connectivity index (χ2v) is 6.79.